The minimum Gasteiger partial charge on any atom is -0.489 e. The Kier molecular flexibility index (Phi) is 6.89. The van der Waals surface area contributed by atoms with E-state index in [4.69, 9.17) is 4.74 Å². The molecule has 3 rings (SSSR count). The van der Waals surface area contributed by atoms with Gasteiger partial charge in [-0.3, -0.25) is 4.79 Å². The predicted octanol–water partition coefficient (Wildman–Crippen LogP) is 5.32. The molecule has 0 amide bonds. The molecule has 0 aromatic heterocycles. The molecule has 3 aromatic carbocycles. The van der Waals surface area contributed by atoms with Gasteiger partial charge in [0.2, 0.25) is 0 Å². The molecule has 4 heteroatoms. The van der Waals surface area contributed by atoms with Crippen LogP contribution in [-0.2, 0) is 17.9 Å². The van der Waals surface area contributed by atoms with Crippen LogP contribution in [0.15, 0.2) is 60.7 Å². The Hall–Kier alpha value is -2.85. The highest BCUT2D eigenvalue weighted by Gasteiger charge is 2.19. The van der Waals surface area contributed by atoms with Crippen molar-refractivity contribution < 1.29 is 14.6 Å². The fourth-order valence-electron chi connectivity index (χ4n) is 3.53. The Morgan fingerprint density at radius 3 is 2.48 bits per heavy atom. The van der Waals surface area contributed by atoms with Gasteiger partial charge < -0.3 is 15.2 Å². The van der Waals surface area contributed by atoms with Crippen molar-refractivity contribution in [3.63, 3.8) is 0 Å². The first-order chi connectivity index (χ1) is 14.0. The van der Waals surface area contributed by atoms with Gasteiger partial charge in [-0.25, -0.2) is 0 Å². The minimum atomic E-state index is -0.818. The van der Waals surface area contributed by atoms with Crippen LogP contribution in [0.5, 0.6) is 5.75 Å². The van der Waals surface area contributed by atoms with E-state index in [1.807, 2.05) is 44.2 Å². The summed E-state index contributed by atoms with van der Waals surface area (Å²) < 4.78 is 6.20. The Morgan fingerprint density at radius 1 is 1.03 bits per heavy atom. The molecule has 0 bridgehead atoms. The molecule has 0 aliphatic carbocycles. The van der Waals surface area contributed by atoms with Gasteiger partial charge in [-0.15, -0.1) is 0 Å². The van der Waals surface area contributed by atoms with Gasteiger partial charge in [-0.05, 0) is 47.2 Å². The van der Waals surface area contributed by atoms with Gasteiger partial charge in [0.15, 0.2) is 0 Å². The quantitative estimate of drug-likeness (QED) is 0.518. The maximum absolute atomic E-state index is 11.7. The van der Waals surface area contributed by atoms with Crippen molar-refractivity contribution in [2.24, 2.45) is 5.92 Å². The molecule has 0 saturated heterocycles. The first-order valence-corrected chi connectivity index (χ1v) is 10.1. The van der Waals surface area contributed by atoms with E-state index < -0.39 is 12.0 Å². The summed E-state index contributed by atoms with van der Waals surface area (Å²) in [5, 5.41) is 15.0. The van der Waals surface area contributed by atoms with Crippen molar-refractivity contribution in [1.82, 2.24) is 5.32 Å². The Balaban J connectivity index is 1.87. The van der Waals surface area contributed by atoms with Crippen LogP contribution in [0.25, 0.3) is 10.8 Å². The largest absolute Gasteiger partial charge is 0.489 e. The van der Waals surface area contributed by atoms with Crippen molar-refractivity contribution in [2.75, 3.05) is 0 Å². The monoisotopic (exact) mass is 391 g/mol. The van der Waals surface area contributed by atoms with Gasteiger partial charge in [-0.1, -0.05) is 68.4 Å². The van der Waals surface area contributed by atoms with Crippen LogP contribution in [0.2, 0.25) is 0 Å². The first-order valence-electron chi connectivity index (χ1n) is 10.1. The van der Waals surface area contributed by atoms with E-state index in [1.54, 1.807) is 0 Å². The number of hydrogen-bond acceptors (Lipinski definition) is 3. The summed E-state index contributed by atoms with van der Waals surface area (Å²) in [6, 6.07) is 19.7. The highest BCUT2D eigenvalue weighted by atomic mass is 16.5. The molecule has 1 atom stereocenters. The molecule has 29 heavy (non-hydrogen) atoms. The highest BCUT2D eigenvalue weighted by Crippen LogP contribution is 2.29. The zero-order valence-corrected chi connectivity index (χ0v) is 17.3. The molecule has 0 aliphatic rings. The molecule has 0 fully saturated rings. The van der Waals surface area contributed by atoms with E-state index in [0.717, 1.165) is 27.6 Å². The molecule has 0 radical (unpaired) electrons. The number of carbonyl (C=O) groups is 1. The van der Waals surface area contributed by atoms with E-state index in [0.29, 0.717) is 25.5 Å². The summed E-state index contributed by atoms with van der Waals surface area (Å²) in [5.74, 6) is 0.266. The Labute approximate surface area is 172 Å². The van der Waals surface area contributed by atoms with Crippen LogP contribution in [-0.4, -0.2) is 17.1 Å². The molecule has 3 aromatic rings. The van der Waals surface area contributed by atoms with Crippen LogP contribution < -0.4 is 10.1 Å². The minimum absolute atomic E-state index is 0.299. The lowest BCUT2D eigenvalue weighted by Gasteiger charge is -2.19. The van der Waals surface area contributed by atoms with Crippen molar-refractivity contribution >= 4 is 16.7 Å². The standard InChI is InChI=1S/C25H29NO3/c1-17(2)14-23(25(27)28)26-15-22-21-11-7-6-9-19(21)12-13-24(22)29-16-20-10-5-4-8-18(20)3/h4-13,17,23,26H,14-16H2,1-3H3,(H,27,28). The zero-order chi connectivity index (χ0) is 20.8. The number of carboxylic acid groups (broad SMARTS) is 1. The second kappa shape index (κ2) is 9.57. The van der Waals surface area contributed by atoms with E-state index in [-0.39, 0.29) is 0 Å². The zero-order valence-electron chi connectivity index (χ0n) is 17.3. The van der Waals surface area contributed by atoms with Gasteiger partial charge in [0, 0.05) is 12.1 Å². The van der Waals surface area contributed by atoms with Crippen molar-refractivity contribution in [3.05, 3.63) is 77.4 Å². The number of fused-ring (bicyclic) bond motifs is 1. The second-order valence-electron chi connectivity index (χ2n) is 7.88. The number of benzene rings is 3. The van der Waals surface area contributed by atoms with E-state index in [2.05, 4.69) is 42.6 Å². The Bertz CT molecular complexity index is 981. The van der Waals surface area contributed by atoms with Gasteiger partial charge in [0.25, 0.3) is 0 Å². The van der Waals surface area contributed by atoms with Crippen molar-refractivity contribution in [3.8, 4) is 5.75 Å². The molecule has 2 N–H and O–H groups in total. The number of hydrogen-bond donors (Lipinski definition) is 2. The van der Waals surface area contributed by atoms with Gasteiger partial charge in [-0.2, -0.15) is 0 Å². The van der Waals surface area contributed by atoms with E-state index >= 15 is 0 Å². The third-order valence-electron chi connectivity index (χ3n) is 5.17. The average Bonchev–Trinajstić information content (AvgIpc) is 2.70. The van der Waals surface area contributed by atoms with Gasteiger partial charge >= 0.3 is 5.97 Å². The van der Waals surface area contributed by atoms with Crippen molar-refractivity contribution in [2.45, 2.75) is 46.4 Å². The lowest BCUT2D eigenvalue weighted by atomic mass is 10.0. The highest BCUT2D eigenvalue weighted by molar-refractivity contribution is 5.87. The Morgan fingerprint density at radius 2 is 1.76 bits per heavy atom. The molecular formula is C25H29NO3. The summed E-state index contributed by atoms with van der Waals surface area (Å²) >= 11 is 0. The molecule has 0 aliphatic heterocycles. The first kappa shape index (κ1) is 20.9. The molecule has 152 valence electrons. The topological polar surface area (TPSA) is 58.6 Å². The predicted molar refractivity (Wildman–Crippen MR) is 117 cm³/mol. The van der Waals surface area contributed by atoms with Crippen LogP contribution in [0, 0.1) is 12.8 Å². The van der Waals surface area contributed by atoms with Crippen LogP contribution in [0.4, 0.5) is 0 Å². The third kappa shape index (κ3) is 5.36. The van der Waals surface area contributed by atoms with Gasteiger partial charge in [0.05, 0.1) is 0 Å². The summed E-state index contributed by atoms with van der Waals surface area (Å²) in [5.41, 5.74) is 3.32. The number of nitrogens with one attached hydrogen (secondary N) is 1. The number of rotatable bonds is 9. The maximum Gasteiger partial charge on any atom is 0.320 e. The lowest BCUT2D eigenvalue weighted by Crippen LogP contribution is -2.37. The maximum atomic E-state index is 11.7. The van der Waals surface area contributed by atoms with E-state index in [9.17, 15) is 9.90 Å². The number of aryl methyl sites for hydroxylation is 1. The summed E-state index contributed by atoms with van der Waals surface area (Å²) in [6.45, 7) is 7.06. The fourth-order valence-corrected chi connectivity index (χ4v) is 3.53. The number of carboxylic acids is 1. The second-order valence-corrected chi connectivity index (χ2v) is 7.88. The number of ether oxygens (including phenoxy) is 1. The average molecular weight is 392 g/mol. The molecule has 4 nitrogen and oxygen atoms in total. The third-order valence-corrected chi connectivity index (χ3v) is 5.17. The summed E-state index contributed by atoms with van der Waals surface area (Å²) in [4.78, 5) is 11.7. The van der Waals surface area contributed by atoms with Crippen molar-refractivity contribution in [1.29, 1.82) is 0 Å². The fraction of sp³-hybridized carbons (Fsp3) is 0.320. The SMILES string of the molecule is Cc1ccccc1COc1ccc2ccccc2c1CNC(CC(C)C)C(=O)O. The smallest absolute Gasteiger partial charge is 0.320 e. The van der Waals surface area contributed by atoms with Crippen LogP contribution in [0.3, 0.4) is 0 Å². The molecule has 0 saturated carbocycles. The molecule has 0 heterocycles. The van der Waals surface area contributed by atoms with Gasteiger partial charge in [0.1, 0.15) is 18.4 Å². The summed E-state index contributed by atoms with van der Waals surface area (Å²) in [6.07, 6.45) is 0.583. The number of aliphatic carboxylic acids is 1. The summed E-state index contributed by atoms with van der Waals surface area (Å²) in [7, 11) is 0. The van der Waals surface area contributed by atoms with E-state index in [1.165, 1.54) is 5.56 Å². The normalized spacial score (nSPS) is 12.3. The van der Waals surface area contributed by atoms with Crippen LogP contribution in [0.1, 0.15) is 37.0 Å². The lowest BCUT2D eigenvalue weighted by molar-refractivity contribution is -0.140. The van der Waals surface area contributed by atoms with Crippen LogP contribution >= 0.6 is 0 Å². The molecule has 0 spiro atoms. The molecular weight excluding hydrogens is 362 g/mol. The molecule has 1 unspecified atom stereocenters.